The van der Waals surface area contributed by atoms with Gasteiger partial charge in [0.15, 0.2) is 6.10 Å². The van der Waals surface area contributed by atoms with Crippen molar-refractivity contribution in [2.24, 2.45) is 0 Å². The van der Waals surface area contributed by atoms with Gasteiger partial charge in [-0.2, -0.15) is 0 Å². The molecule has 0 spiro atoms. The van der Waals surface area contributed by atoms with Crippen molar-refractivity contribution in [3.8, 4) is 0 Å². The first-order chi connectivity index (χ1) is 29.5. The van der Waals surface area contributed by atoms with Gasteiger partial charge in [0, 0.05) is 12.8 Å². The fraction of sp³-hybridized carbons (Fsp3) is 0.765. The third-order valence-corrected chi connectivity index (χ3v) is 11.3. The van der Waals surface area contributed by atoms with Crippen LogP contribution >= 0.6 is 7.82 Å². The van der Waals surface area contributed by atoms with Crippen molar-refractivity contribution in [2.75, 3.05) is 47.5 Å². The summed E-state index contributed by atoms with van der Waals surface area (Å²) in [5.41, 5.74) is 0. The van der Waals surface area contributed by atoms with Gasteiger partial charge in [-0.25, -0.2) is 4.57 Å². The quantitative estimate of drug-likeness (QED) is 0.0212. The summed E-state index contributed by atoms with van der Waals surface area (Å²) in [6, 6.07) is 0. The van der Waals surface area contributed by atoms with Crippen LogP contribution in [0.15, 0.2) is 60.8 Å². The first-order valence-corrected chi connectivity index (χ1v) is 26.0. The standard InChI is InChI=1S/C51H92NO8P/c1-6-8-10-12-14-16-18-20-22-24-26-28-30-32-34-36-38-40-42-44-51(54)60-49(48-59-61(55,56)58-46-45-52(3,4)5)47-57-50(53)43-41-39-37-35-33-31-29-27-25-23-21-19-17-15-13-11-9-7-2/h8,10,14,16,20,22-23,25-26,28,49H,6-7,9,11-13,15,17-19,21,24,27,29-48H2,1-5H3/p+1/b10-8-,16-14-,22-20-,25-23-,28-26-. The Balaban J connectivity index is 4.33. The van der Waals surface area contributed by atoms with E-state index in [1.54, 1.807) is 0 Å². The van der Waals surface area contributed by atoms with E-state index in [1.165, 1.54) is 70.6 Å². The molecular formula is C51H93NO8P+. The minimum absolute atomic E-state index is 0.0257. The van der Waals surface area contributed by atoms with Gasteiger partial charge >= 0.3 is 19.8 Å². The van der Waals surface area contributed by atoms with Crippen molar-refractivity contribution >= 4 is 19.8 Å². The Bertz CT molecular complexity index is 1220. The Labute approximate surface area is 375 Å². The van der Waals surface area contributed by atoms with E-state index in [4.69, 9.17) is 18.5 Å². The SMILES string of the molecule is CC/C=C\C/C=C\C/C=C\C/C=C\CCCCCCCCC(=O)OC(COC(=O)CCCCCCCCC/C=C\CCCCCCCCC)COP(=O)(O)OCC[N+](C)(C)C. The molecule has 0 radical (unpaired) electrons. The number of esters is 2. The van der Waals surface area contributed by atoms with Crippen LogP contribution < -0.4 is 0 Å². The maximum Gasteiger partial charge on any atom is 0.472 e. The maximum atomic E-state index is 12.7. The van der Waals surface area contributed by atoms with Crippen LogP contribution in [-0.2, 0) is 32.7 Å². The Kier molecular flexibility index (Phi) is 41.4. The lowest BCUT2D eigenvalue weighted by atomic mass is 10.1. The molecule has 0 aliphatic heterocycles. The van der Waals surface area contributed by atoms with Gasteiger partial charge in [0.05, 0.1) is 27.7 Å². The molecular weight excluding hydrogens is 786 g/mol. The fourth-order valence-corrected chi connectivity index (χ4v) is 7.21. The number of phosphoric acid groups is 1. The van der Waals surface area contributed by atoms with Gasteiger partial charge in [0.2, 0.25) is 0 Å². The normalized spacial score (nSPS) is 14.0. The van der Waals surface area contributed by atoms with Crippen molar-refractivity contribution < 1.29 is 42.1 Å². The number of ether oxygens (including phenoxy) is 2. The van der Waals surface area contributed by atoms with E-state index in [-0.39, 0.29) is 32.0 Å². The summed E-state index contributed by atoms with van der Waals surface area (Å²) in [6.07, 6.45) is 52.6. The second kappa shape index (κ2) is 43.0. The highest BCUT2D eigenvalue weighted by Crippen LogP contribution is 2.43. The van der Waals surface area contributed by atoms with Gasteiger partial charge in [0.25, 0.3) is 0 Å². The summed E-state index contributed by atoms with van der Waals surface area (Å²) in [7, 11) is 1.46. The molecule has 0 aromatic heterocycles. The van der Waals surface area contributed by atoms with Crippen LogP contribution in [0.2, 0.25) is 0 Å². The highest BCUT2D eigenvalue weighted by Gasteiger charge is 2.27. The summed E-state index contributed by atoms with van der Waals surface area (Å²) in [6.45, 7) is 4.29. The molecule has 0 saturated carbocycles. The third-order valence-electron chi connectivity index (χ3n) is 10.3. The molecule has 1 N–H and O–H groups in total. The fourth-order valence-electron chi connectivity index (χ4n) is 6.47. The van der Waals surface area contributed by atoms with E-state index in [9.17, 15) is 19.0 Å². The molecule has 61 heavy (non-hydrogen) atoms. The highest BCUT2D eigenvalue weighted by atomic mass is 31.2. The first-order valence-electron chi connectivity index (χ1n) is 24.5. The number of carbonyl (C=O) groups is 2. The van der Waals surface area contributed by atoms with Crippen LogP contribution in [0.3, 0.4) is 0 Å². The lowest BCUT2D eigenvalue weighted by molar-refractivity contribution is -0.870. The summed E-state index contributed by atoms with van der Waals surface area (Å²) in [5.74, 6) is -0.820. The van der Waals surface area contributed by atoms with Gasteiger partial charge in [-0.15, -0.1) is 0 Å². The second-order valence-corrected chi connectivity index (χ2v) is 18.9. The molecule has 0 aromatic rings. The Morgan fingerprint density at radius 2 is 0.934 bits per heavy atom. The minimum Gasteiger partial charge on any atom is -0.462 e. The average molecular weight is 879 g/mol. The number of unbranched alkanes of at least 4 members (excludes halogenated alkanes) is 20. The van der Waals surface area contributed by atoms with E-state index in [0.717, 1.165) is 96.3 Å². The Morgan fingerprint density at radius 1 is 0.525 bits per heavy atom. The molecule has 2 atom stereocenters. The van der Waals surface area contributed by atoms with E-state index in [1.807, 2.05) is 21.1 Å². The summed E-state index contributed by atoms with van der Waals surface area (Å²) < 4.78 is 34.4. The predicted octanol–water partition coefficient (Wildman–Crippen LogP) is 14.4. The van der Waals surface area contributed by atoms with Crippen LogP contribution in [0.25, 0.3) is 0 Å². The molecule has 0 amide bonds. The van der Waals surface area contributed by atoms with Gasteiger partial charge < -0.3 is 18.9 Å². The zero-order valence-corrected chi connectivity index (χ0v) is 40.8. The maximum absolute atomic E-state index is 12.7. The number of rotatable bonds is 44. The number of nitrogens with zero attached hydrogens (tertiary/aromatic N) is 1. The van der Waals surface area contributed by atoms with Crippen molar-refractivity contribution in [3.05, 3.63) is 60.8 Å². The van der Waals surface area contributed by atoms with E-state index in [2.05, 4.69) is 74.6 Å². The molecule has 354 valence electrons. The molecule has 2 unspecified atom stereocenters. The van der Waals surface area contributed by atoms with Crippen LogP contribution in [-0.4, -0.2) is 74.9 Å². The smallest absolute Gasteiger partial charge is 0.462 e. The molecule has 0 saturated heterocycles. The number of quaternary nitrogens is 1. The lowest BCUT2D eigenvalue weighted by Gasteiger charge is -2.24. The number of allylic oxidation sites excluding steroid dienone is 10. The molecule has 0 aliphatic rings. The molecule has 0 rings (SSSR count). The number of carbonyl (C=O) groups excluding carboxylic acids is 2. The van der Waals surface area contributed by atoms with E-state index in [0.29, 0.717) is 17.4 Å². The predicted molar refractivity (Wildman–Crippen MR) is 256 cm³/mol. The van der Waals surface area contributed by atoms with Crippen molar-refractivity contribution in [1.82, 2.24) is 0 Å². The number of phosphoric ester groups is 1. The Hall–Kier alpha value is -2.29. The van der Waals surface area contributed by atoms with Crippen LogP contribution in [0.4, 0.5) is 0 Å². The molecule has 0 bridgehead atoms. The number of hydrogen-bond donors (Lipinski definition) is 1. The molecule has 10 heteroatoms. The monoisotopic (exact) mass is 879 g/mol. The van der Waals surface area contributed by atoms with Gasteiger partial charge in [-0.1, -0.05) is 171 Å². The highest BCUT2D eigenvalue weighted by molar-refractivity contribution is 7.47. The molecule has 0 fully saturated rings. The minimum atomic E-state index is -4.39. The van der Waals surface area contributed by atoms with E-state index >= 15 is 0 Å². The van der Waals surface area contributed by atoms with E-state index < -0.39 is 26.5 Å². The first kappa shape index (κ1) is 58.7. The third kappa shape index (κ3) is 47.0. The molecule has 0 heterocycles. The van der Waals surface area contributed by atoms with Gasteiger partial charge in [-0.05, 0) is 77.0 Å². The zero-order chi connectivity index (χ0) is 45.0. The van der Waals surface area contributed by atoms with Crippen molar-refractivity contribution in [3.63, 3.8) is 0 Å². The van der Waals surface area contributed by atoms with Gasteiger partial charge in [0.1, 0.15) is 19.8 Å². The van der Waals surface area contributed by atoms with Crippen LogP contribution in [0.5, 0.6) is 0 Å². The number of likely N-dealkylation sites (N-methyl/N-ethyl adjacent to an activating group) is 1. The lowest BCUT2D eigenvalue weighted by Crippen LogP contribution is -2.37. The van der Waals surface area contributed by atoms with Crippen LogP contribution in [0.1, 0.15) is 200 Å². The van der Waals surface area contributed by atoms with Gasteiger partial charge in [-0.3, -0.25) is 18.6 Å². The summed E-state index contributed by atoms with van der Waals surface area (Å²) in [4.78, 5) is 35.5. The topological polar surface area (TPSA) is 108 Å². The number of hydrogen-bond acceptors (Lipinski definition) is 7. The summed E-state index contributed by atoms with van der Waals surface area (Å²) >= 11 is 0. The molecule has 0 aliphatic carbocycles. The van der Waals surface area contributed by atoms with Crippen LogP contribution in [0, 0.1) is 0 Å². The molecule has 0 aromatic carbocycles. The summed E-state index contributed by atoms with van der Waals surface area (Å²) in [5, 5.41) is 0. The average Bonchev–Trinajstić information content (AvgIpc) is 3.21. The zero-order valence-electron chi connectivity index (χ0n) is 39.9. The van der Waals surface area contributed by atoms with Crippen molar-refractivity contribution in [2.45, 2.75) is 206 Å². The second-order valence-electron chi connectivity index (χ2n) is 17.5. The molecule has 9 nitrogen and oxygen atoms in total. The largest absolute Gasteiger partial charge is 0.472 e. The van der Waals surface area contributed by atoms with Crippen molar-refractivity contribution in [1.29, 1.82) is 0 Å². The Morgan fingerprint density at radius 3 is 1.41 bits per heavy atom.